The zero-order chi connectivity index (χ0) is 22.1. The second kappa shape index (κ2) is 8.69. The van der Waals surface area contributed by atoms with Crippen molar-refractivity contribution in [3.63, 3.8) is 0 Å². The van der Waals surface area contributed by atoms with E-state index in [4.69, 9.17) is 23.2 Å². The number of aromatic nitrogens is 5. The number of carbonyl (C=O) groups is 1. The van der Waals surface area contributed by atoms with Crippen molar-refractivity contribution >= 4 is 40.6 Å². The first-order valence-corrected chi connectivity index (χ1v) is 10.7. The number of halogens is 2. The van der Waals surface area contributed by atoms with E-state index in [-0.39, 0.29) is 5.91 Å². The van der Waals surface area contributed by atoms with E-state index < -0.39 is 0 Å². The molecule has 0 aliphatic carbocycles. The Balaban J connectivity index is 1.45. The minimum absolute atomic E-state index is 0.102. The summed E-state index contributed by atoms with van der Waals surface area (Å²) in [4.78, 5) is 17.3. The second-order valence-electron chi connectivity index (χ2n) is 7.45. The molecule has 3 heterocycles. The molecule has 0 bridgehead atoms. The molecule has 0 radical (unpaired) electrons. The molecule has 4 rings (SSSR count). The van der Waals surface area contributed by atoms with E-state index in [1.54, 1.807) is 23.0 Å². The van der Waals surface area contributed by atoms with Crippen LogP contribution in [-0.2, 0) is 17.8 Å². The lowest BCUT2D eigenvalue weighted by Gasteiger charge is -2.12. The fourth-order valence-corrected chi connectivity index (χ4v) is 4.02. The van der Waals surface area contributed by atoms with Gasteiger partial charge in [0.05, 0.1) is 28.5 Å². The highest BCUT2D eigenvalue weighted by Crippen LogP contribution is 2.26. The normalized spacial score (nSPS) is 11.3. The van der Waals surface area contributed by atoms with Gasteiger partial charge in [-0.15, -0.1) is 0 Å². The van der Waals surface area contributed by atoms with Crippen LogP contribution in [0.2, 0.25) is 10.0 Å². The van der Waals surface area contributed by atoms with E-state index in [0.717, 1.165) is 33.9 Å². The first-order chi connectivity index (χ1) is 14.8. The van der Waals surface area contributed by atoms with E-state index in [1.165, 1.54) is 0 Å². The Labute approximate surface area is 190 Å². The molecule has 0 saturated carbocycles. The first kappa shape index (κ1) is 21.3. The number of carbonyl (C=O) groups excluding carboxylic acids is 1. The highest BCUT2D eigenvalue weighted by Gasteiger charge is 2.14. The van der Waals surface area contributed by atoms with E-state index in [1.807, 2.05) is 43.5 Å². The Morgan fingerprint density at radius 3 is 2.77 bits per heavy atom. The van der Waals surface area contributed by atoms with Crippen molar-refractivity contribution in [1.82, 2.24) is 24.4 Å². The number of hydrogen-bond donors (Lipinski definition) is 1. The molecular weight excluding hydrogens is 435 g/mol. The van der Waals surface area contributed by atoms with Gasteiger partial charge in [0.25, 0.3) is 0 Å². The molecule has 0 aliphatic heterocycles. The van der Waals surface area contributed by atoms with Gasteiger partial charge in [0, 0.05) is 29.9 Å². The van der Waals surface area contributed by atoms with Crippen LogP contribution in [-0.4, -0.2) is 30.3 Å². The minimum atomic E-state index is -0.102. The van der Waals surface area contributed by atoms with Crippen molar-refractivity contribution in [2.45, 2.75) is 40.2 Å². The maximum absolute atomic E-state index is 12.7. The molecule has 3 aromatic heterocycles. The van der Waals surface area contributed by atoms with Crippen LogP contribution >= 0.6 is 23.2 Å². The summed E-state index contributed by atoms with van der Waals surface area (Å²) in [6.45, 7) is 6.31. The summed E-state index contributed by atoms with van der Waals surface area (Å²) < 4.78 is 3.52. The van der Waals surface area contributed by atoms with Crippen LogP contribution in [0.3, 0.4) is 0 Å². The predicted molar refractivity (Wildman–Crippen MR) is 122 cm³/mol. The predicted octanol–water partition coefficient (Wildman–Crippen LogP) is 4.78. The number of aryl methyl sites for hydroxylation is 3. The van der Waals surface area contributed by atoms with E-state index in [9.17, 15) is 4.79 Å². The molecule has 9 heteroatoms. The second-order valence-corrected chi connectivity index (χ2v) is 8.24. The number of anilines is 1. The van der Waals surface area contributed by atoms with Gasteiger partial charge in [-0.3, -0.25) is 4.79 Å². The average Bonchev–Trinajstić information content (AvgIpc) is 3.31. The molecule has 7 nitrogen and oxygen atoms in total. The number of fused-ring (bicyclic) bond motifs is 1. The molecule has 0 saturated heterocycles. The van der Waals surface area contributed by atoms with Crippen molar-refractivity contribution in [1.29, 1.82) is 0 Å². The molecule has 0 spiro atoms. The summed E-state index contributed by atoms with van der Waals surface area (Å²) in [5, 5.41) is 12.7. The molecule has 0 unspecified atom stereocenters. The van der Waals surface area contributed by atoms with Crippen LogP contribution < -0.4 is 5.32 Å². The monoisotopic (exact) mass is 456 g/mol. The van der Waals surface area contributed by atoms with Gasteiger partial charge in [0.15, 0.2) is 5.65 Å². The Hall–Kier alpha value is -2.90. The van der Waals surface area contributed by atoms with Crippen LogP contribution in [0.5, 0.6) is 0 Å². The van der Waals surface area contributed by atoms with Crippen LogP contribution in [0.15, 0.2) is 36.5 Å². The number of nitrogens with one attached hydrogen (secondary N) is 1. The van der Waals surface area contributed by atoms with Crippen molar-refractivity contribution in [3.05, 3.63) is 74.8 Å². The van der Waals surface area contributed by atoms with E-state index >= 15 is 0 Å². The fraction of sp³-hybridized carbons (Fsp3) is 0.273. The number of nitrogens with zero attached hydrogens (tertiary/aromatic N) is 5. The maximum atomic E-state index is 12.7. The van der Waals surface area contributed by atoms with Gasteiger partial charge in [-0.25, -0.2) is 14.2 Å². The number of amides is 1. The van der Waals surface area contributed by atoms with Crippen molar-refractivity contribution < 1.29 is 4.79 Å². The van der Waals surface area contributed by atoms with Crippen molar-refractivity contribution in [2.75, 3.05) is 5.32 Å². The summed E-state index contributed by atoms with van der Waals surface area (Å²) in [6, 6.07) is 9.16. The lowest BCUT2D eigenvalue weighted by Crippen LogP contribution is -2.17. The van der Waals surface area contributed by atoms with Crippen LogP contribution in [0.4, 0.5) is 5.82 Å². The third-order valence-electron chi connectivity index (χ3n) is 5.22. The molecule has 1 amide bonds. The smallest absolute Gasteiger partial charge is 0.225 e. The third-order valence-corrected chi connectivity index (χ3v) is 6.08. The maximum Gasteiger partial charge on any atom is 0.225 e. The quantitative estimate of drug-likeness (QED) is 0.452. The largest absolute Gasteiger partial charge is 0.311 e. The average molecular weight is 457 g/mol. The standard InChI is InChI=1S/C22H22Cl2N6O/c1-13-11-20-26-14(2)17(15(3)30(20)28-13)7-8-21(31)27-19-9-10-25-29(19)12-16-5-4-6-18(23)22(16)24/h4-6,9-11H,7-8,12H2,1-3H3,(H,27,31). The summed E-state index contributed by atoms with van der Waals surface area (Å²) in [6.07, 6.45) is 2.53. The molecule has 1 aromatic carbocycles. The van der Waals surface area contributed by atoms with Crippen LogP contribution in [0, 0.1) is 20.8 Å². The zero-order valence-corrected chi connectivity index (χ0v) is 19.0. The molecule has 160 valence electrons. The van der Waals surface area contributed by atoms with Gasteiger partial charge in [0.1, 0.15) is 5.82 Å². The first-order valence-electron chi connectivity index (χ1n) is 9.90. The SMILES string of the molecule is Cc1cc2nc(C)c(CCC(=O)Nc3ccnn3Cc3cccc(Cl)c3Cl)c(C)n2n1. The Morgan fingerprint density at radius 1 is 1.16 bits per heavy atom. The van der Waals surface area contributed by atoms with Crippen LogP contribution in [0.25, 0.3) is 5.65 Å². The summed E-state index contributed by atoms with van der Waals surface area (Å²) in [5.41, 5.74) is 5.52. The minimum Gasteiger partial charge on any atom is -0.311 e. The Kier molecular flexibility index (Phi) is 5.98. The molecule has 0 fully saturated rings. The van der Waals surface area contributed by atoms with Crippen LogP contribution in [0.1, 0.15) is 34.6 Å². The molecule has 1 N–H and O–H groups in total. The third kappa shape index (κ3) is 4.43. The fourth-order valence-electron chi connectivity index (χ4n) is 3.64. The number of hydrogen-bond acceptors (Lipinski definition) is 4. The van der Waals surface area contributed by atoms with E-state index in [2.05, 4.69) is 20.5 Å². The van der Waals surface area contributed by atoms with Gasteiger partial charge in [0.2, 0.25) is 5.91 Å². The van der Waals surface area contributed by atoms with Gasteiger partial charge in [-0.2, -0.15) is 10.2 Å². The lowest BCUT2D eigenvalue weighted by molar-refractivity contribution is -0.116. The summed E-state index contributed by atoms with van der Waals surface area (Å²) in [5.74, 6) is 0.500. The topological polar surface area (TPSA) is 77.1 Å². The molecule has 4 aromatic rings. The number of benzene rings is 1. The molecule has 31 heavy (non-hydrogen) atoms. The molecular formula is C22H22Cl2N6O. The van der Waals surface area contributed by atoms with Crippen molar-refractivity contribution in [3.8, 4) is 0 Å². The molecule has 0 aliphatic rings. The van der Waals surface area contributed by atoms with Crippen molar-refractivity contribution in [2.24, 2.45) is 0 Å². The van der Waals surface area contributed by atoms with E-state index in [0.29, 0.717) is 35.2 Å². The Morgan fingerprint density at radius 2 is 1.97 bits per heavy atom. The zero-order valence-electron chi connectivity index (χ0n) is 17.5. The van der Waals surface area contributed by atoms with Gasteiger partial charge in [-0.1, -0.05) is 35.3 Å². The summed E-state index contributed by atoms with van der Waals surface area (Å²) >= 11 is 12.4. The highest BCUT2D eigenvalue weighted by atomic mass is 35.5. The lowest BCUT2D eigenvalue weighted by atomic mass is 10.1. The Bertz CT molecular complexity index is 1280. The summed E-state index contributed by atoms with van der Waals surface area (Å²) in [7, 11) is 0. The number of rotatable bonds is 6. The van der Waals surface area contributed by atoms with Gasteiger partial charge in [-0.05, 0) is 44.4 Å². The van der Waals surface area contributed by atoms with Gasteiger partial charge >= 0.3 is 0 Å². The van der Waals surface area contributed by atoms with Gasteiger partial charge < -0.3 is 5.32 Å². The molecule has 0 atom stereocenters. The highest BCUT2D eigenvalue weighted by molar-refractivity contribution is 6.42.